The lowest BCUT2D eigenvalue weighted by molar-refractivity contribution is 0.0730. The Bertz CT molecular complexity index is 529. The molecule has 1 aromatic carbocycles. The molecule has 0 unspecified atom stereocenters. The third-order valence-corrected chi connectivity index (χ3v) is 2.61. The van der Waals surface area contributed by atoms with Crippen LogP contribution < -0.4 is 10.5 Å². The number of carbonyl (C=O) groups excluding carboxylic acids is 1. The normalized spacial score (nSPS) is 10.1. The van der Waals surface area contributed by atoms with Gasteiger partial charge < -0.3 is 10.5 Å². The fourth-order valence-electron chi connectivity index (χ4n) is 1.01. The Labute approximate surface area is 100.0 Å². The maximum absolute atomic E-state index is 11.6. The predicted octanol–water partition coefficient (Wildman–Crippen LogP) is 1.99. The smallest absolute Gasteiger partial charge is 0.367 e. The molecule has 82 valence electrons. The number of halogens is 1. The third kappa shape index (κ3) is 2.12. The van der Waals surface area contributed by atoms with Gasteiger partial charge in [-0.15, -0.1) is 5.10 Å². The van der Waals surface area contributed by atoms with E-state index in [1.165, 1.54) is 0 Å². The summed E-state index contributed by atoms with van der Waals surface area (Å²) in [6.45, 7) is 0. The van der Waals surface area contributed by atoms with E-state index in [-0.39, 0.29) is 16.4 Å². The molecule has 2 aromatic rings. The van der Waals surface area contributed by atoms with E-state index in [1.807, 2.05) is 0 Å². The van der Waals surface area contributed by atoms with Gasteiger partial charge in [0.25, 0.3) is 0 Å². The van der Waals surface area contributed by atoms with E-state index in [0.29, 0.717) is 5.02 Å². The molecule has 0 saturated heterocycles. The van der Waals surface area contributed by atoms with Crippen LogP contribution in [-0.2, 0) is 0 Å². The number of nitrogens with two attached hydrogens (primary N) is 1. The molecule has 2 rings (SSSR count). The van der Waals surface area contributed by atoms with Crippen molar-refractivity contribution < 1.29 is 9.53 Å². The summed E-state index contributed by atoms with van der Waals surface area (Å²) in [5.74, 6) is -0.402. The summed E-state index contributed by atoms with van der Waals surface area (Å²) in [6, 6.07) is 6.64. The standard InChI is InChI=1S/C9H6ClN3O2S/c10-5-3-1-2-4-6(5)15-9(14)7-8(11)16-13-12-7/h1-4H,11H2. The molecule has 0 fully saturated rings. The van der Waals surface area contributed by atoms with E-state index < -0.39 is 5.97 Å². The monoisotopic (exact) mass is 255 g/mol. The van der Waals surface area contributed by atoms with Crippen molar-refractivity contribution in [2.45, 2.75) is 0 Å². The number of aromatic nitrogens is 2. The van der Waals surface area contributed by atoms with Gasteiger partial charge in [-0.1, -0.05) is 28.2 Å². The third-order valence-electron chi connectivity index (χ3n) is 1.75. The van der Waals surface area contributed by atoms with Crippen molar-refractivity contribution in [3.63, 3.8) is 0 Å². The SMILES string of the molecule is Nc1snnc1C(=O)Oc1ccccc1Cl. The zero-order valence-electron chi connectivity index (χ0n) is 7.88. The van der Waals surface area contributed by atoms with Crippen LogP contribution in [0.1, 0.15) is 10.5 Å². The van der Waals surface area contributed by atoms with Crippen LogP contribution in [0.3, 0.4) is 0 Å². The van der Waals surface area contributed by atoms with Gasteiger partial charge >= 0.3 is 5.97 Å². The highest BCUT2D eigenvalue weighted by atomic mass is 35.5. The highest BCUT2D eigenvalue weighted by Gasteiger charge is 2.17. The van der Waals surface area contributed by atoms with Crippen molar-refractivity contribution in [3.8, 4) is 5.75 Å². The number of hydrogen-bond donors (Lipinski definition) is 1. The second kappa shape index (κ2) is 4.46. The number of ether oxygens (including phenoxy) is 1. The van der Waals surface area contributed by atoms with Crippen molar-refractivity contribution in [3.05, 3.63) is 35.0 Å². The van der Waals surface area contributed by atoms with Crippen LogP contribution in [0.25, 0.3) is 0 Å². The average Bonchev–Trinajstić information content (AvgIpc) is 2.68. The number of esters is 1. The molecule has 0 radical (unpaired) electrons. The van der Waals surface area contributed by atoms with Gasteiger partial charge in [0, 0.05) is 11.5 Å². The van der Waals surface area contributed by atoms with Gasteiger partial charge in [0.1, 0.15) is 10.8 Å². The highest BCUT2D eigenvalue weighted by molar-refractivity contribution is 7.10. The van der Waals surface area contributed by atoms with Crippen LogP contribution >= 0.6 is 23.1 Å². The minimum absolute atomic E-state index is 0.00456. The molecule has 1 heterocycles. The van der Waals surface area contributed by atoms with Crippen LogP contribution in [-0.4, -0.2) is 15.6 Å². The van der Waals surface area contributed by atoms with Crippen LogP contribution in [0, 0.1) is 0 Å². The summed E-state index contributed by atoms with van der Waals surface area (Å²) >= 11 is 6.76. The first-order valence-electron chi connectivity index (χ1n) is 4.23. The highest BCUT2D eigenvalue weighted by Crippen LogP contribution is 2.24. The maximum Gasteiger partial charge on any atom is 0.367 e. The van der Waals surface area contributed by atoms with E-state index in [4.69, 9.17) is 22.1 Å². The fraction of sp³-hybridized carbons (Fsp3) is 0. The molecule has 5 nitrogen and oxygen atoms in total. The molecule has 0 aliphatic heterocycles. The second-order valence-corrected chi connectivity index (χ2v) is 4.00. The predicted molar refractivity (Wildman–Crippen MR) is 60.7 cm³/mol. The van der Waals surface area contributed by atoms with E-state index in [9.17, 15) is 4.79 Å². The molecule has 0 amide bonds. The molecule has 0 spiro atoms. The molecular formula is C9H6ClN3O2S. The van der Waals surface area contributed by atoms with Crippen molar-refractivity contribution in [2.24, 2.45) is 0 Å². The number of rotatable bonds is 2. The first kappa shape index (κ1) is 10.8. The molecule has 1 aromatic heterocycles. The van der Waals surface area contributed by atoms with Crippen LogP contribution in [0.4, 0.5) is 5.00 Å². The Morgan fingerprint density at radius 1 is 1.44 bits per heavy atom. The van der Waals surface area contributed by atoms with E-state index >= 15 is 0 Å². The molecular weight excluding hydrogens is 250 g/mol. The molecule has 7 heteroatoms. The molecule has 0 aliphatic carbocycles. The lowest BCUT2D eigenvalue weighted by Crippen LogP contribution is -2.11. The van der Waals surface area contributed by atoms with Crippen molar-refractivity contribution >= 4 is 34.1 Å². The molecule has 0 bridgehead atoms. The number of nitrogen functional groups attached to an aromatic ring is 1. The summed E-state index contributed by atoms with van der Waals surface area (Å²) in [7, 11) is 0. The van der Waals surface area contributed by atoms with E-state index in [2.05, 4.69) is 9.59 Å². The quantitative estimate of drug-likeness (QED) is 0.656. The van der Waals surface area contributed by atoms with Gasteiger partial charge in [-0.3, -0.25) is 0 Å². The van der Waals surface area contributed by atoms with Gasteiger partial charge in [0.2, 0.25) is 5.69 Å². The zero-order valence-corrected chi connectivity index (χ0v) is 9.46. The van der Waals surface area contributed by atoms with Crippen LogP contribution in [0.5, 0.6) is 5.75 Å². The van der Waals surface area contributed by atoms with Crippen molar-refractivity contribution in [2.75, 3.05) is 5.73 Å². The topological polar surface area (TPSA) is 78.1 Å². The molecule has 0 atom stereocenters. The Morgan fingerprint density at radius 2 is 2.19 bits per heavy atom. The summed E-state index contributed by atoms with van der Waals surface area (Å²) in [6.07, 6.45) is 0. The zero-order chi connectivity index (χ0) is 11.5. The summed E-state index contributed by atoms with van der Waals surface area (Å²) in [5, 5.41) is 4.13. The van der Waals surface area contributed by atoms with Crippen molar-refractivity contribution in [1.82, 2.24) is 9.59 Å². The first-order valence-corrected chi connectivity index (χ1v) is 5.38. The maximum atomic E-state index is 11.6. The first-order chi connectivity index (χ1) is 7.68. The molecule has 0 aliphatic rings. The van der Waals surface area contributed by atoms with Gasteiger partial charge in [-0.2, -0.15) is 0 Å². The largest absolute Gasteiger partial charge is 0.420 e. The second-order valence-electron chi connectivity index (χ2n) is 2.81. The minimum atomic E-state index is -0.667. The Balaban J connectivity index is 2.21. The number of benzene rings is 1. The summed E-state index contributed by atoms with van der Waals surface area (Å²) in [5.41, 5.74) is 5.50. The van der Waals surface area contributed by atoms with Gasteiger partial charge in [-0.05, 0) is 12.1 Å². The van der Waals surface area contributed by atoms with Crippen molar-refractivity contribution in [1.29, 1.82) is 0 Å². The molecule has 2 N–H and O–H groups in total. The fourth-order valence-corrected chi connectivity index (χ4v) is 1.61. The Kier molecular flexibility index (Phi) is 3.02. The number of hydrogen-bond acceptors (Lipinski definition) is 6. The summed E-state index contributed by atoms with van der Waals surface area (Å²) in [4.78, 5) is 11.6. The Morgan fingerprint density at radius 3 is 2.81 bits per heavy atom. The molecule has 16 heavy (non-hydrogen) atoms. The minimum Gasteiger partial charge on any atom is -0.420 e. The van der Waals surface area contributed by atoms with Gasteiger partial charge in [0.05, 0.1) is 5.02 Å². The van der Waals surface area contributed by atoms with Gasteiger partial charge in [0.15, 0.2) is 0 Å². The lowest BCUT2D eigenvalue weighted by atomic mass is 10.3. The average molecular weight is 256 g/mol. The number of carbonyl (C=O) groups is 1. The van der Waals surface area contributed by atoms with Crippen LogP contribution in [0.15, 0.2) is 24.3 Å². The number of nitrogens with zero attached hydrogens (tertiary/aromatic N) is 2. The Hall–Kier alpha value is -1.66. The van der Waals surface area contributed by atoms with E-state index in [0.717, 1.165) is 11.5 Å². The number of para-hydroxylation sites is 1. The van der Waals surface area contributed by atoms with Crippen LogP contribution in [0.2, 0.25) is 5.02 Å². The molecule has 0 saturated carbocycles. The number of anilines is 1. The summed E-state index contributed by atoms with van der Waals surface area (Å²) < 4.78 is 8.56. The van der Waals surface area contributed by atoms with Gasteiger partial charge in [-0.25, -0.2) is 4.79 Å². The lowest BCUT2D eigenvalue weighted by Gasteiger charge is -2.03. The van der Waals surface area contributed by atoms with E-state index in [1.54, 1.807) is 24.3 Å².